The molecular formula is C9H19BrO. The van der Waals surface area contributed by atoms with Gasteiger partial charge in [0, 0.05) is 18.5 Å². The van der Waals surface area contributed by atoms with Crippen LogP contribution in [0.3, 0.4) is 0 Å². The van der Waals surface area contributed by atoms with E-state index in [1.54, 1.807) is 0 Å². The number of alkyl halides is 1. The van der Waals surface area contributed by atoms with Crippen molar-refractivity contribution < 1.29 is 4.74 Å². The molecule has 0 amide bonds. The Kier molecular flexibility index (Phi) is 7.39. The van der Waals surface area contributed by atoms with Gasteiger partial charge in [0.15, 0.2) is 0 Å². The molecule has 0 fully saturated rings. The predicted octanol–water partition coefficient (Wildman–Crippen LogP) is 3.08. The average molecular weight is 223 g/mol. The molecule has 0 radical (unpaired) electrons. The van der Waals surface area contributed by atoms with Crippen LogP contribution in [0.1, 0.15) is 27.2 Å². The van der Waals surface area contributed by atoms with E-state index in [4.69, 9.17) is 4.74 Å². The molecule has 0 spiro atoms. The largest absolute Gasteiger partial charge is 0.381 e. The van der Waals surface area contributed by atoms with Crippen molar-refractivity contribution in [3.05, 3.63) is 0 Å². The van der Waals surface area contributed by atoms with Crippen molar-refractivity contribution in [2.75, 3.05) is 18.5 Å². The molecule has 11 heavy (non-hydrogen) atoms. The SMILES string of the molecule is CC(C)CCOCC(C)CBr. The molecular weight excluding hydrogens is 204 g/mol. The molecule has 1 unspecified atom stereocenters. The van der Waals surface area contributed by atoms with E-state index in [1.165, 1.54) is 6.42 Å². The van der Waals surface area contributed by atoms with E-state index in [-0.39, 0.29) is 0 Å². The standard InChI is InChI=1S/C9H19BrO/c1-8(2)4-5-11-7-9(3)6-10/h8-9H,4-7H2,1-3H3. The molecule has 1 nitrogen and oxygen atoms in total. The minimum atomic E-state index is 0.641. The Bertz CT molecular complexity index is 83.6. The maximum atomic E-state index is 5.47. The van der Waals surface area contributed by atoms with Crippen LogP contribution in [-0.2, 0) is 4.74 Å². The van der Waals surface area contributed by atoms with Gasteiger partial charge in [0.2, 0.25) is 0 Å². The molecule has 0 aliphatic carbocycles. The van der Waals surface area contributed by atoms with Crippen LogP contribution in [0.2, 0.25) is 0 Å². The molecule has 0 saturated carbocycles. The maximum Gasteiger partial charge on any atom is 0.0499 e. The molecule has 0 bridgehead atoms. The second-order valence-electron chi connectivity index (χ2n) is 3.52. The lowest BCUT2D eigenvalue weighted by atomic mass is 10.1. The Morgan fingerprint density at radius 1 is 1.27 bits per heavy atom. The van der Waals surface area contributed by atoms with Crippen molar-refractivity contribution in [2.24, 2.45) is 11.8 Å². The quantitative estimate of drug-likeness (QED) is 0.496. The second-order valence-corrected chi connectivity index (χ2v) is 4.16. The van der Waals surface area contributed by atoms with Crippen LogP contribution < -0.4 is 0 Å². The average Bonchev–Trinajstić information content (AvgIpc) is 1.97. The van der Waals surface area contributed by atoms with Crippen LogP contribution >= 0.6 is 15.9 Å². The summed E-state index contributed by atoms with van der Waals surface area (Å²) in [5.74, 6) is 1.40. The maximum absolute atomic E-state index is 5.47. The van der Waals surface area contributed by atoms with E-state index in [0.29, 0.717) is 5.92 Å². The highest BCUT2D eigenvalue weighted by Crippen LogP contribution is 2.03. The first-order valence-corrected chi connectivity index (χ1v) is 5.42. The third-order valence-corrected chi connectivity index (χ3v) is 2.61. The fourth-order valence-corrected chi connectivity index (χ4v) is 0.835. The van der Waals surface area contributed by atoms with Gasteiger partial charge in [-0.3, -0.25) is 0 Å². The molecule has 68 valence electrons. The van der Waals surface area contributed by atoms with Crippen molar-refractivity contribution in [2.45, 2.75) is 27.2 Å². The van der Waals surface area contributed by atoms with E-state index in [1.807, 2.05) is 0 Å². The van der Waals surface area contributed by atoms with Gasteiger partial charge in [0.1, 0.15) is 0 Å². The Labute approximate surface area is 78.6 Å². The van der Waals surface area contributed by atoms with Gasteiger partial charge in [-0.15, -0.1) is 0 Å². The Hall–Kier alpha value is 0.440. The Morgan fingerprint density at radius 2 is 1.91 bits per heavy atom. The first kappa shape index (κ1) is 11.4. The number of rotatable bonds is 6. The van der Waals surface area contributed by atoms with Crippen LogP contribution in [0, 0.1) is 11.8 Å². The minimum Gasteiger partial charge on any atom is -0.381 e. The number of hydrogen-bond acceptors (Lipinski definition) is 1. The molecule has 0 aliphatic rings. The normalized spacial score (nSPS) is 13.9. The molecule has 0 rings (SSSR count). The molecule has 0 N–H and O–H groups in total. The van der Waals surface area contributed by atoms with E-state index in [9.17, 15) is 0 Å². The zero-order valence-electron chi connectivity index (χ0n) is 7.77. The summed E-state index contributed by atoms with van der Waals surface area (Å²) in [6.07, 6.45) is 1.18. The van der Waals surface area contributed by atoms with Crippen molar-refractivity contribution in [3.63, 3.8) is 0 Å². The van der Waals surface area contributed by atoms with Crippen LogP contribution in [0.25, 0.3) is 0 Å². The van der Waals surface area contributed by atoms with Gasteiger partial charge >= 0.3 is 0 Å². The zero-order chi connectivity index (χ0) is 8.69. The van der Waals surface area contributed by atoms with E-state index in [0.717, 1.165) is 24.5 Å². The van der Waals surface area contributed by atoms with Crippen molar-refractivity contribution in [1.82, 2.24) is 0 Å². The predicted molar refractivity (Wildman–Crippen MR) is 53.2 cm³/mol. The molecule has 2 heteroatoms. The van der Waals surface area contributed by atoms with E-state index < -0.39 is 0 Å². The summed E-state index contributed by atoms with van der Waals surface area (Å²) in [6, 6.07) is 0. The summed E-state index contributed by atoms with van der Waals surface area (Å²) in [6.45, 7) is 8.42. The highest BCUT2D eigenvalue weighted by Gasteiger charge is 1.99. The fourth-order valence-electron chi connectivity index (χ4n) is 0.648. The van der Waals surface area contributed by atoms with Crippen molar-refractivity contribution in [1.29, 1.82) is 0 Å². The van der Waals surface area contributed by atoms with Crippen molar-refractivity contribution in [3.8, 4) is 0 Å². The number of ether oxygens (including phenoxy) is 1. The van der Waals surface area contributed by atoms with E-state index >= 15 is 0 Å². The highest BCUT2D eigenvalue weighted by atomic mass is 79.9. The van der Waals surface area contributed by atoms with Gasteiger partial charge in [0.05, 0.1) is 0 Å². The van der Waals surface area contributed by atoms with Gasteiger partial charge in [-0.05, 0) is 18.3 Å². The molecule has 0 aromatic rings. The van der Waals surface area contributed by atoms with Gasteiger partial charge in [0.25, 0.3) is 0 Å². The summed E-state index contributed by atoms with van der Waals surface area (Å²) >= 11 is 3.42. The summed E-state index contributed by atoms with van der Waals surface area (Å²) < 4.78 is 5.47. The van der Waals surface area contributed by atoms with Gasteiger partial charge in [-0.2, -0.15) is 0 Å². The molecule has 0 aromatic heterocycles. The third kappa shape index (κ3) is 8.35. The first-order chi connectivity index (χ1) is 5.16. The topological polar surface area (TPSA) is 9.23 Å². The summed E-state index contributed by atoms with van der Waals surface area (Å²) in [7, 11) is 0. The molecule has 0 saturated heterocycles. The molecule has 0 heterocycles. The molecule has 0 aromatic carbocycles. The molecule has 0 aliphatic heterocycles. The highest BCUT2D eigenvalue weighted by molar-refractivity contribution is 9.09. The van der Waals surface area contributed by atoms with Gasteiger partial charge in [-0.25, -0.2) is 0 Å². The van der Waals surface area contributed by atoms with Crippen molar-refractivity contribution >= 4 is 15.9 Å². The summed E-state index contributed by atoms with van der Waals surface area (Å²) in [5, 5.41) is 1.04. The summed E-state index contributed by atoms with van der Waals surface area (Å²) in [4.78, 5) is 0. The van der Waals surface area contributed by atoms with Gasteiger partial charge < -0.3 is 4.74 Å². The first-order valence-electron chi connectivity index (χ1n) is 4.30. The minimum absolute atomic E-state index is 0.641. The Morgan fingerprint density at radius 3 is 2.36 bits per heavy atom. The zero-order valence-corrected chi connectivity index (χ0v) is 9.36. The van der Waals surface area contributed by atoms with Crippen LogP contribution in [0.4, 0.5) is 0 Å². The summed E-state index contributed by atoms with van der Waals surface area (Å²) in [5.41, 5.74) is 0. The monoisotopic (exact) mass is 222 g/mol. The third-order valence-electron chi connectivity index (χ3n) is 1.51. The number of hydrogen-bond donors (Lipinski definition) is 0. The van der Waals surface area contributed by atoms with Crippen LogP contribution in [-0.4, -0.2) is 18.5 Å². The lowest BCUT2D eigenvalue weighted by Crippen LogP contribution is -2.08. The molecule has 1 atom stereocenters. The van der Waals surface area contributed by atoms with Gasteiger partial charge in [-0.1, -0.05) is 36.7 Å². The van der Waals surface area contributed by atoms with E-state index in [2.05, 4.69) is 36.7 Å². The van der Waals surface area contributed by atoms with Crippen LogP contribution in [0.15, 0.2) is 0 Å². The lowest BCUT2D eigenvalue weighted by molar-refractivity contribution is 0.102. The Balaban J connectivity index is 3.01. The lowest BCUT2D eigenvalue weighted by Gasteiger charge is -2.09. The van der Waals surface area contributed by atoms with Crippen LogP contribution in [0.5, 0.6) is 0 Å². The second kappa shape index (κ2) is 7.11. The fraction of sp³-hybridized carbons (Fsp3) is 1.00. The smallest absolute Gasteiger partial charge is 0.0499 e. The number of halogens is 1.